The number of halogens is 2. The van der Waals surface area contributed by atoms with Crippen LogP contribution in [0.15, 0.2) is 60.7 Å². The molecule has 9 heteroatoms. The maximum absolute atomic E-state index is 12.3. The average Bonchev–Trinajstić information content (AvgIpc) is 3.15. The van der Waals surface area contributed by atoms with Gasteiger partial charge in [-0.2, -0.15) is 0 Å². The van der Waals surface area contributed by atoms with E-state index >= 15 is 0 Å². The number of hydrogen-bond acceptors (Lipinski definition) is 6. The van der Waals surface area contributed by atoms with Crippen LogP contribution in [0.25, 0.3) is 0 Å². The molecule has 1 aliphatic heterocycles. The number of rotatable bonds is 6. The molecular formula is C22H27Cl2N5OS. The minimum atomic E-state index is -0.0303. The molecule has 1 aliphatic rings. The summed E-state index contributed by atoms with van der Waals surface area (Å²) in [5, 5.41) is 12.2. The lowest BCUT2D eigenvalue weighted by atomic mass is 9.96. The summed E-state index contributed by atoms with van der Waals surface area (Å²) in [5.41, 5.74) is 2.60. The van der Waals surface area contributed by atoms with Crippen LogP contribution in [-0.4, -0.2) is 58.6 Å². The van der Waals surface area contributed by atoms with Gasteiger partial charge in [0.2, 0.25) is 11.0 Å². The van der Waals surface area contributed by atoms with Crippen LogP contribution in [-0.2, 0) is 4.79 Å². The van der Waals surface area contributed by atoms with Gasteiger partial charge in [-0.3, -0.25) is 19.9 Å². The van der Waals surface area contributed by atoms with Gasteiger partial charge in [0.15, 0.2) is 0 Å². The van der Waals surface area contributed by atoms with Crippen molar-refractivity contribution in [3.8, 4) is 0 Å². The number of carbonyl (C=O) groups excluding carboxylic acids is 1. The van der Waals surface area contributed by atoms with Crippen LogP contribution in [0.5, 0.6) is 0 Å². The van der Waals surface area contributed by atoms with Gasteiger partial charge in [0, 0.05) is 26.2 Å². The molecule has 0 aliphatic carbocycles. The fraction of sp³-hybridized carbons (Fsp3) is 0.318. The number of aryl methyl sites for hydroxylation is 1. The van der Waals surface area contributed by atoms with Gasteiger partial charge in [-0.05, 0) is 18.1 Å². The average molecular weight is 480 g/mol. The van der Waals surface area contributed by atoms with Crippen LogP contribution in [0, 0.1) is 6.92 Å². The molecule has 0 saturated carbocycles. The Labute approximate surface area is 199 Å². The van der Waals surface area contributed by atoms with E-state index in [0.29, 0.717) is 11.7 Å². The molecule has 1 N–H and O–H groups in total. The Morgan fingerprint density at radius 3 is 1.97 bits per heavy atom. The smallest absolute Gasteiger partial charge is 0.240 e. The molecule has 2 aromatic carbocycles. The first kappa shape index (κ1) is 25.2. The Kier molecular flexibility index (Phi) is 9.87. The standard InChI is InChI=1S/C22H25N5OS.2ClH/c1-17-24-25-22(29-17)23-20(28)16-26-12-14-27(15-13-26)21(18-8-4-2-5-9-18)19-10-6-3-7-11-19;;/h2-11,21H,12-16H2,1H3,(H,23,25,28);2*1H. The maximum Gasteiger partial charge on any atom is 0.240 e. The summed E-state index contributed by atoms with van der Waals surface area (Å²) in [6, 6.07) is 21.5. The van der Waals surface area contributed by atoms with E-state index in [2.05, 4.69) is 86.0 Å². The minimum Gasteiger partial charge on any atom is -0.299 e. The third-order valence-corrected chi connectivity index (χ3v) is 5.90. The SMILES string of the molecule is Cc1nnc(NC(=O)CN2CCN(C(c3ccccc3)c3ccccc3)CC2)s1.Cl.Cl. The van der Waals surface area contributed by atoms with Crippen molar-refractivity contribution in [1.29, 1.82) is 0 Å². The van der Waals surface area contributed by atoms with Crippen LogP contribution in [0.2, 0.25) is 0 Å². The van der Waals surface area contributed by atoms with Gasteiger partial charge >= 0.3 is 0 Å². The minimum absolute atomic E-state index is 0. The van der Waals surface area contributed by atoms with E-state index in [1.807, 2.05) is 6.92 Å². The number of anilines is 1. The van der Waals surface area contributed by atoms with Gasteiger partial charge in [0.05, 0.1) is 12.6 Å². The van der Waals surface area contributed by atoms with Crippen molar-refractivity contribution in [1.82, 2.24) is 20.0 Å². The van der Waals surface area contributed by atoms with Crippen molar-refractivity contribution in [2.75, 3.05) is 38.0 Å². The molecule has 0 atom stereocenters. The molecule has 1 fully saturated rings. The highest BCUT2D eigenvalue weighted by Crippen LogP contribution is 2.29. The Morgan fingerprint density at radius 1 is 0.935 bits per heavy atom. The normalized spacial score (nSPS) is 14.5. The predicted octanol–water partition coefficient (Wildman–Crippen LogP) is 4.04. The molecule has 2 heterocycles. The van der Waals surface area contributed by atoms with Gasteiger partial charge in [-0.25, -0.2) is 0 Å². The molecule has 0 unspecified atom stereocenters. The third-order valence-electron chi connectivity index (χ3n) is 5.14. The van der Waals surface area contributed by atoms with Gasteiger partial charge in [0.1, 0.15) is 5.01 Å². The first-order valence-electron chi connectivity index (χ1n) is 9.85. The highest BCUT2D eigenvalue weighted by Gasteiger charge is 2.27. The van der Waals surface area contributed by atoms with Crippen LogP contribution < -0.4 is 5.32 Å². The summed E-state index contributed by atoms with van der Waals surface area (Å²) in [4.78, 5) is 17.0. The molecule has 166 valence electrons. The first-order chi connectivity index (χ1) is 14.2. The Balaban J connectivity index is 0.00000171. The molecule has 4 rings (SSSR count). The third kappa shape index (κ3) is 6.72. The maximum atomic E-state index is 12.3. The van der Waals surface area contributed by atoms with Crippen molar-refractivity contribution in [2.45, 2.75) is 13.0 Å². The van der Waals surface area contributed by atoms with Crippen molar-refractivity contribution in [3.63, 3.8) is 0 Å². The highest BCUT2D eigenvalue weighted by molar-refractivity contribution is 7.15. The summed E-state index contributed by atoms with van der Waals surface area (Å²) in [5.74, 6) is -0.0303. The molecule has 3 aromatic rings. The second-order valence-corrected chi connectivity index (χ2v) is 8.39. The summed E-state index contributed by atoms with van der Waals surface area (Å²) in [7, 11) is 0. The van der Waals surface area contributed by atoms with Crippen LogP contribution >= 0.6 is 36.2 Å². The summed E-state index contributed by atoms with van der Waals surface area (Å²) >= 11 is 1.40. The summed E-state index contributed by atoms with van der Waals surface area (Å²) < 4.78 is 0. The van der Waals surface area contributed by atoms with Gasteiger partial charge < -0.3 is 0 Å². The van der Waals surface area contributed by atoms with Gasteiger partial charge in [-0.15, -0.1) is 35.0 Å². The van der Waals surface area contributed by atoms with E-state index in [9.17, 15) is 4.79 Å². The van der Waals surface area contributed by atoms with E-state index in [1.165, 1.54) is 22.5 Å². The van der Waals surface area contributed by atoms with Crippen molar-refractivity contribution < 1.29 is 4.79 Å². The number of carbonyl (C=O) groups is 1. The van der Waals surface area contributed by atoms with E-state index in [0.717, 1.165) is 31.2 Å². The molecule has 31 heavy (non-hydrogen) atoms. The lowest BCUT2D eigenvalue weighted by Gasteiger charge is -2.39. The highest BCUT2D eigenvalue weighted by atomic mass is 35.5. The Bertz CT molecular complexity index is 894. The second-order valence-electron chi connectivity index (χ2n) is 7.21. The van der Waals surface area contributed by atoms with Crippen LogP contribution in [0.1, 0.15) is 22.2 Å². The summed E-state index contributed by atoms with van der Waals surface area (Å²) in [6.07, 6.45) is 0. The van der Waals surface area contributed by atoms with Crippen molar-refractivity contribution in [2.24, 2.45) is 0 Å². The van der Waals surface area contributed by atoms with Crippen molar-refractivity contribution >= 4 is 47.2 Å². The molecule has 1 saturated heterocycles. The molecule has 1 aromatic heterocycles. The number of nitrogens with one attached hydrogen (secondary N) is 1. The monoisotopic (exact) mass is 479 g/mol. The molecule has 0 spiro atoms. The summed E-state index contributed by atoms with van der Waals surface area (Å²) in [6.45, 7) is 5.81. The molecule has 1 amide bonds. The quantitative estimate of drug-likeness (QED) is 0.577. The zero-order chi connectivity index (χ0) is 20.1. The number of amides is 1. The number of aromatic nitrogens is 2. The molecule has 0 radical (unpaired) electrons. The lowest BCUT2D eigenvalue weighted by Crippen LogP contribution is -2.49. The Hall–Kier alpha value is -2.03. The first-order valence-corrected chi connectivity index (χ1v) is 10.7. The zero-order valence-corrected chi connectivity index (χ0v) is 19.8. The predicted molar refractivity (Wildman–Crippen MR) is 131 cm³/mol. The zero-order valence-electron chi connectivity index (χ0n) is 17.3. The fourth-order valence-electron chi connectivity index (χ4n) is 3.77. The molecular weight excluding hydrogens is 453 g/mol. The van der Waals surface area contributed by atoms with Crippen LogP contribution in [0.4, 0.5) is 5.13 Å². The largest absolute Gasteiger partial charge is 0.299 e. The van der Waals surface area contributed by atoms with E-state index < -0.39 is 0 Å². The van der Waals surface area contributed by atoms with E-state index in [-0.39, 0.29) is 36.8 Å². The van der Waals surface area contributed by atoms with Crippen LogP contribution in [0.3, 0.4) is 0 Å². The number of hydrogen-bond donors (Lipinski definition) is 1. The van der Waals surface area contributed by atoms with E-state index in [4.69, 9.17) is 0 Å². The fourth-order valence-corrected chi connectivity index (χ4v) is 4.38. The molecule has 6 nitrogen and oxygen atoms in total. The van der Waals surface area contributed by atoms with Crippen molar-refractivity contribution in [3.05, 3.63) is 76.8 Å². The number of piperazine rings is 1. The topological polar surface area (TPSA) is 61.4 Å². The van der Waals surface area contributed by atoms with E-state index in [1.54, 1.807) is 0 Å². The van der Waals surface area contributed by atoms with Gasteiger partial charge in [-0.1, -0.05) is 72.0 Å². The molecule has 0 bridgehead atoms. The number of benzene rings is 2. The number of nitrogens with zero attached hydrogens (tertiary/aromatic N) is 4. The lowest BCUT2D eigenvalue weighted by molar-refractivity contribution is -0.117. The van der Waals surface area contributed by atoms with Gasteiger partial charge in [0.25, 0.3) is 0 Å². The second kappa shape index (κ2) is 12.1. The Morgan fingerprint density at radius 2 is 1.48 bits per heavy atom.